The summed E-state index contributed by atoms with van der Waals surface area (Å²) in [7, 11) is 0. The molecular weight excluding hydrogens is 164 g/mol. The van der Waals surface area contributed by atoms with E-state index in [1.807, 2.05) is 0 Å². The summed E-state index contributed by atoms with van der Waals surface area (Å²) in [6, 6.07) is 0. The fourth-order valence-electron chi connectivity index (χ4n) is 0.625. The van der Waals surface area contributed by atoms with Gasteiger partial charge in [-0.3, -0.25) is 0 Å². The number of aldehydes is 2. The zero-order valence-corrected chi connectivity index (χ0v) is 6.38. The number of hydrogen-bond donors (Lipinski definition) is 1. The van der Waals surface area contributed by atoms with Gasteiger partial charge in [0.1, 0.15) is 18.5 Å². The third kappa shape index (κ3) is 1.62. The summed E-state index contributed by atoms with van der Waals surface area (Å²) >= 11 is 1.21. The molecule has 1 rings (SSSR count). The monoisotopic (exact) mass is 170 g/mol. The summed E-state index contributed by atoms with van der Waals surface area (Å²) in [5.41, 5.74) is 5.73. The molecule has 0 aliphatic carbocycles. The van der Waals surface area contributed by atoms with Crippen LogP contribution in [0.5, 0.6) is 0 Å². The van der Waals surface area contributed by atoms with Gasteiger partial charge in [0, 0.05) is 5.38 Å². The van der Waals surface area contributed by atoms with Crippen LogP contribution in [0.1, 0.15) is 11.6 Å². The summed E-state index contributed by atoms with van der Waals surface area (Å²) in [6.07, 6.45) is 1.09. The highest BCUT2D eigenvalue weighted by molar-refractivity contribution is 7.13. The van der Waals surface area contributed by atoms with Crippen molar-refractivity contribution in [1.82, 2.24) is 4.98 Å². The lowest BCUT2D eigenvalue weighted by molar-refractivity contribution is -0.116. The fourth-order valence-corrected chi connectivity index (χ4v) is 1.23. The van der Waals surface area contributed by atoms with Gasteiger partial charge in [0.25, 0.3) is 0 Å². The van der Waals surface area contributed by atoms with Gasteiger partial charge in [-0.25, -0.2) is 4.98 Å². The average molecular weight is 170 g/mol. The summed E-state index contributed by atoms with van der Waals surface area (Å²) in [6.45, 7) is 0. The summed E-state index contributed by atoms with van der Waals surface area (Å²) in [4.78, 5) is 24.3. The number of rotatable bonds is 3. The molecule has 0 aromatic carbocycles. The smallest absolute Gasteiger partial charge is 0.180 e. The topological polar surface area (TPSA) is 73.0 Å². The quantitative estimate of drug-likeness (QED) is 0.519. The second-order valence-corrected chi connectivity index (χ2v) is 2.80. The first-order valence-electron chi connectivity index (χ1n) is 2.89. The minimum atomic E-state index is -0.761. The van der Waals surface area contributed by atoms with Crippen LogP contribution >= 0.6 is 11.3 Å². The summed E-state index contributed by atoms with van der Waals surface area (Å²) in [5.74, 6) is -0.761. The van der Waals surface area contributed by atoms with E-state index < -0.39 is 5.92 Å². The normalized spacial score (nSPS) is 9.91. The first-order chi connectivity index (χ1) is 5.27. The van der Waals surface area contributed by atoms with E-state index in [1.165, 1.54) is 11.3 Å². The molecule has 11 heavy (non-hydrogen) atoms. The van der Waals surface area contributed by atoms with Crippen LogP contribution in [0.3, 0.4) is 0 Å². The molecule has 0 fully saturated rings. The van der Waals surface area contributed by atoms with Gasteiger partial charge >= 0.3 is 0 Å². The van der Waals surface area contributed by atoms with Crippen LogP contribution in [0.4, 0.5) is 5.13 Å². The Morgan fingerprint density at radius 2 is 2.18 bits per heavy atom. The fraction of sp³-hybridized carbons (Fsp3) is 0.167. The molecule has 0 saturated carbocycles. The maximum atomic E-state index is 10.2. The Balaban J connectivity index is 2.89. The van der Waals surface area contributed by atoms with Gasteiger partial charge in [-0.05, 0) is 0 Å². The second kappa shape index (κ2) is 3.25. The molecule has 2 N–H and O–H groups in total. The van der Waals surface area contributed by atoms with Crippen molar-refractivity contribution in [3.05, 3.63) is 11.1 Å². The Hall–Kier alpha value is -1.23. The van der Waals surface area contributed by atoms with E-state index in [0.29, 0.717) is 23.4 Å². The van der Waals surface area contributed by atoms with Crippen LogP contribution in [-0.2, 0) is 9.59 Å². The van der Waals surface area contributed by atoms with Crippen LogP contribution < -0.4 is 5.73 Å². The number of nitrogens with two attached hydrogens (primary N) is 1. The third-order valence-electron chi connectivity index (χ3n) is 1.17. The van der Waals surface area contributed by atoms with Crippen LogP contribution in [-0.4, -0.2) is 17.6 Å². The lowest BCUT2D eigenvalue weighted by Gasteiger charge is -1.92. The van der Waals surface area contributed by atoms with Crippen LogP contribution in [0, 0.1) is 0 Å². The van der Waals surface area contributed by atoms with Crippen LogP contribution in [0.2, 0.25) is 0 Å². The van der Waals surface area contributed by atoms with E-state index in [-0.39, 0.29) is 0 Å². The van der Waals surface area contributed by atoms with Gasteiger partial charge < -0.3 is 15.3 Å². The molecule has 0 amide bonds. The van der Waals surface area contributed by atoms with Crippen molar-refractivity contribution in [3.63, 3.8) is 0 Å². The zero-order chi connectivity index (χ0) is 8.27. The second-order valence-electron chi connectivity index (χ2n) is 1.91. The first-order valence-corrected chi connectivity index (χ1v) is 3.77. The highest BCUT2D eigenvalue weighted by Crippen LogP contribution is 2.16. The van der Waals surface area contributed by atoms with Crippen molar-refractivity contribution >= 4 is 29.0 Å². The minimum absolute atomic E-state index is 0.369. The molecule has 0 aliphatic heterocycles. The number of aromatic nitrogens is 1. The number of hydrogen-bond acceptors (Lipinski definition) is 5. The first kappa shape index (κ1) is 7.87. The Morgan fingerprint density at radius 3 is 2.55 bits per heavy atom. The van der Waals surface area contributed by atoms with E-state index in [2.05, 4.69) is 4.98 Å². The molecule has 4 nitrogen and oxygen atoms in total. The Labute approximate surface area is 67.0 Å². The number of thiazole rings is 1. The summed E-state index contributed by atoms with van der Waals surface area (Å²) in [5, 5.41) is 1.97. The molecule has 5 heteroatoms. The Bertz CT molecular complexity index is 263. The number of carbonyl (C=O) groups excluding carboxylic acids is 2. The van der Waals surface area contributed by atoms with E-state index in [0.717, 1.165) is 0 Å². The van der Waals surface area contributed by atoms with Gasteiger partial charge in [0.15, 0.2) is 5.13 Å². The van der Waals surface area contributed by atoms with Crippen LogP contribution in [0.15, 0.2) is 5.38 Å². The molecule has 0 bridgehead atoms. The molecule has 1 heterocycles. The highest BCUT2D eigenvalue weighted by atomic mass is 32.1. The number of nitrogen functional groups attached to an aromatic ring is 1. The van der Waals surface area contributed by atoms with Crippen LogP contribution in [0.25, 0.3) is 0 Å². The lowest BCUT2D eigenvalue weighted by Crippen LogP contribution is -2.01. The SMILES string of the molecule is Nc1nc(C(C=O)C=O)cs1. The van der Waals surface area contributed by atoms with E-state index in [1.54, 1.807) is 5.38 Å². The Morgan fingerprint density at radius 1 is 1.55 bits per heavy atom. The van der Waals surface area contributed by atoms with Gasteiger partial charge in [0.2, 0.25) is 0 Å². The van der Waals surface area contributed by atoms with Crippen molar-refractivity contribution in [3.8, 4) is 0 Å². The number of anilines is 1. The van der Waals surface area contributed by atoms with E-state index in [9.17, 15) is 9.59 Å². The standard InChI is InChI=1S/C6H6N2O2S/c7-6-8-5(3-11-6)4(1-9)2-10/h1-4H,(H2,7,8). The molecule has 0 saturated heterocycles. The zero-order valence-electron chi connectivity index (χ0n) is 5.56. The lowest BCUT2D eigenvalue weighted by atomic mass is 10.1. The van der Waals surface area contributed by atoms with Crippen molar-refractivity contribution in [1.29, 1.82) is 0 Å². The Kier molecular flexibility index (Phi) is 2.32. The summed E-state index contributed by atoms with van der Waals surface area (Å²) < 4.78 is 0. The molecule has 58 valence electrons. The van der Waals surface area contributed by atoms with Crippen molar-refractivity contribution in [2.45, 2.75) is 5.92 Å². The predicted molar refractivity (Wildman–Crippen MR) is 41.4 cm³/mol. The largest absolute Gasteiger partial charge is 0.375 e. The predicted octanol–water partition coefficient (Wildman–Crippen LogP) is 0.207. The van der Waals surface area contributed by atoms with E-state index in [4.69, 9.17) is 5.73 Å². The molecule has 1 aromatic rings. The molecule has 0 radical (unpaired) electrons. The van der Waals surface area contributed by atoms with Gasteiger partial charge in [-0.1, -0.05) is 0 Å². The third-order valence-corrected chi connectivity index (χ3v) is 1.87. The maximum Gasteiger partial charge on any atom is 0.180 e. The molecular formula is C6H6N2O2S. The molecule has 1 aromatic heterocycles. The van der Waals surface area contributed by atoms with E-state index >= 15 is 0 Å². The molecule has 0 spiro atoms. The van der Waals surface area contributed by atoms with Crippen molar-refractivity contribution in [2.75, 3.05) is 5.73 Å². The van der Waals surface area contributed by atoms with Gasteiger partial charge in [0.05, 0.1) is 5.69 Å². The van der Waals surface area contributed by atoms with Crippen molar-refractivity contribution < 1.29 is 9.59 Å². The number of carbonyl (C=O) groups is 2. The molecule has 0 unspecified atom stereocenters. The minimum Gasteiger partial charge on any atom is -0.375 e. The number of nitrogens with zero attached hydrogens (tertiary/aromatic N) is 1. The molecule has 0 aliphatic rings. The van der Waals surface area contributed by atoms with Gasteiger partial charge in [-0.15, -0.1) is 11.3 Å². The van der Waals surface area contributed by atoms with Gasteiger partial charge in [-0.2, -0.15) is 0 Å². The van der Waals surface area contributed by atoms with Crippen molar-refractivity contribution in [2.24, 2.45) is 0 Å². The maximum absolute atomic E-state index is 10.2. The average Bonchev–Trinajstić information content (AvgIpc) is 2.39. The molecule has 0 atom stereocenters. The highest BCUT2D eigenvalue weighted by Gasteiger charge is 2.11.